The average molecular weight is 419 g/mol. The lowest BCUT2D eigenvalue weighted by Gasteiger charge is -2.32. The van der Waals surface area contributed by atoms with E-state index >= 15 is 0 Å². The predicted octanol–water partition coefficient (Wildman–Crippen LogP) is 1.12. The molecule has 0 bridgehead atoms. The Morgan fingerprint density at radius 1 is 0.967 bits per heavy atom. The Bertz CT molecular complexity index is 840. The molecule has 3 N–H and O–H groups in total. The third-order valence-corrected chi connectivity index (χ3v) is 5.70. The molecule has 164 valence electrons. The highest BCUT2D eigenvalue weighted by molar-refractivity contribution is 5.95. The molecule has 1 atom stereocenters. The van der Waals surface area contributed by atoms with E-state index in [9.17, 15) is 29.7 Å². The molecule has 0 aliphatic carbocycles. The van der Waals surface area contributed by atoms with Crippen molar-refractivity contribution in [3.8, 4) is 17.2 Å². The van der Waals surface area contributed by atoms with Gasteiger partial charge in [-0.15, -0.1) is 0 Å². The maximum atomic E-state index is 13.0. The number of hydrogen-bond acceptors (Lipinski definition) is 6. The van der Waals surface area contributed by atoms with Crippen molar-refractivity contribution in [2.45, 2.75) is 39.2 Å². The van der Waals surface area contributed by atoms with Gasteiger partial charge in [-0.05, 0) is 39.3 Å². The molecule has 0 spiro atoms. The molecule has 9 nitrogen and oxygen atoms in total. The molecule has 9 heteroatoms. The van der Waals surface area contributed by atoms with E-state index in [2.05, 4.69) is 0 Å². The zero-order valence-corrected chi connectivity index (χ0v) is 17.6. The molecule has 3 amide bonds. The van der Waals surface area contributed by atoms with Crippen LogP contribution in [0.1, 0.15) is 44.0 Å². The number of rotatable bonds is 2. The van der Waals surface area contributed by atoms with E-state index in [0.29, 0.717) is 39.1 Å². The number of benzene rings is 1. The van der Waals surface area contributed by atoms with Crippen molar-refractivity contribution >= 4 is 17.7 Å². The number of amides is 3. The van der Waals surface area contributed by atoms with Gasteiger partial charge in [-0.25, -0.2) is 0 Å². The van der Waals surface area contributed by atoms with Gasteiger partial charge in [0.25, 0.3) is 5.91 Å². The number of hydrogen-bond donors (Lipinski definition) is 3. The van der Waals surface area contributed by atoms with E-state index in [-0.39, 0.29) is 35.3 Å². The van der Waals surface area contributed by atoms with Crippen LogP contribution < -0.4 is 0 Å². The summed E-state index contributed by atoms with van der Waals surface area (Å²) in [6.45, 7) is 7.83. The van der Waals surface area contributed by atoms with Crippen molar-refractivity contribution in [1.82, 2.24) is 14.7 Å². The minimum Gasteiger partial charge on any atom is -0.504 e. The second kappa shape index (κ2) is 8.04. The van der Waals surface area contributed by atoms with Gasteiger partial charge in [0, 0.05) is 50.2 Å². The second-order valence-corrected chi connectivity index (χ2v) is 8.91. The molecule has 2 aliphatic heterocycles. The van der Waals surface area contributed by atoms with Crippen LogP contribution in [0.5, 0.6) is 17.2 Å². The average Bonchev–Trinajstić information content (AvgIpc) is 2.91. The third-order valence-electron chi connectivity index (χ3n) is 5.70. The summed E-state index contributed by atoms with van der Waals surface area (Å²) in [7, 11) is 0. The summed E-state index contributed by atoms with van der Waals surface area (Å²) in [6.07, 6.45) is 0.790. The Morgan fingerprint density at radius 3 is 2.10 bits per heavy atom. The minimum absolute atomic E-state index is 0.0144. The fraction of sp³-hybridized carbons (Fsp3) is 0.571. The molecule has 1 unspecified atom stereocenters. The van der Waals surface area contributed by atoms with Crippen molar-refractivity contribution in [3.05, 3.63) is 17.7 Å². The number of carbonyl (C=O) groups excluding carboxylic acids is 3. The largest absolute Gasteiger partial charge is 0.504 e. The van der Waals surface area contributed by atoms with Gasteiger partial charge in [-0.1, -0.05) is 0 Å². The topological polar surface area (TPSA) is 122 Å². The van der Waals surface area contributed by atoms with Crippen LogP contribution in [-0.2, 0) is 9.59 Å². The summed E-state index contributed by atoms with van der Waals surface area (Å²) in [4.78, 5) is 43.1. The summed E-state index contributed by atoms with van der Waals surface area (Å²) in [6, 6.07) is 2.22. The molecular formula is C21H29N3O6. The molecule has 1 aromatic carbocycles. The SMILES string of the molecule is CC(C)(C)N1CC(C(=O)N2CCCN(C(=O)c3cc(O)c(O)c(O)c3)CC2)CC1=O. The van der Waals surface area contributed by atoms with Crippen molar-refractivity contribution in [2.24, 2.45) is 5.92 Å². The van der Waals surface area contributed by atoms with E-state index in [4.69, 9.17) is 0 Å². The molecule has 0 saturated carbocycles. The van der Waals surface area contributed by atoms with Gasteiger partial charge in [0.1, 0.15) is 0 Å². The minimum atomic E-state index is -0.672. The van der Waals surface area contributed by atoms with Crippen LogP contribution >= 0.6 is 0 Å². The Morgan fingerprint density at radius 2 is 1.53 bits per heavy atom. The summed E-state index contributed by atoms with van der Waals surface area (Å²) in [5, 5.41) is 28.8. The molecule has 3 rings (SSSR count). The Labute approximate surface area is 175 Å². The highest BCUT2D eigenvalue weighted by Gasteiger charge is 2.41. The summed E-state index contributed by atoms with van der Waals surface area (Å²) in [5.74, 6) is -2.66. The van der Waals surface area contributed by atoms with E-state index in [1.54, 1.807) is 14.7 Å². The lowest BCUT2D eigenvalue weighted by molar-refractivity contribution is -0.135. The molecule has 1 aromatic rings. The van der Waals surface area contributed by atoms with E-state index in [0.717, 1.165) is 12.1 Å². The number of carbonyl (C=O) groups is 3. The van der Waals surface area contributed by atoms with Crippen LogP contribution in [0.4, 0.5) is 0 Å². The molecule has 30 heavy (non-hydrogen) atoms. The smallest absolute Gasteiger partial charge is 0.254 e. The van der Waals surface area contributed by atoms with Gasteiger partial charge < -0.3 is 30.0 Å². The van der Waals surface area contributed by atoms with Crippen LogP contribution in [0, 0.1) is 5.92 Å². The molecule has 0 aromatic heterocycles. The number of phenolic OH excluding ortho intramolecular Hbond substituents is 3. The maximum Gasteiger partial charge on any atom is 0.254 e. The first kappa shape index (κ1) is 21.7. The lowest BCUT2D eigenvalue weighted by Crippen LogP contribution is -2.44. The highest BCUT2D eigenvalue weighted by atomic mass is 16.3. The van der Waals surface area contributed by atoms with E-state index in [1.807, 2.05) is 20.8 Å². The fourth-order valence-corrected chi connectivity index (χ4v) is 4.03. The van der Waals surface area contributed by atoms with Crippen molar-refractivity contribution < 1.29 is 29.7 Å². The van der Waals surface area contributed by atoms with E-state index in [1.165, 1.54) is 0 Å². The maximum absolute atomic E-state index is 13.0. The number of likely N-dealkylation sites (tertiary alicyclic amines) is 1. The van der Waals surface area contributed by atoms with Gasteiger partial charge in [0.15, 0.2) is 17.2 Å². The second-order valence-electron chi connectivity index (χ2n) is 8.91. The van der Waals surface area contributed by atoms with Gasteiger partial charge in [0.05, 0.1) is 5.92 Å². The standard InChI is InChI=1S/C21H29N3O6/c1-21(2,3)24-12-14(11-17(24)27)20(30)23-6-4-5-22(7-8-23)19(29)13-9-15(25)18(28)16(26)10-13/h9-10,14,25-26,28H,4-8,11-12H2,1-3H3. The Balaban J connectivity index is 1.64. The third kappa shape index (κ3) is 4.29. The van der Waals surface area contributed by atoms with Crippen LogP contribution in [0.25, 0.3) is 0 Å². The zero-order chi connectivity index (χ0) is 22.2. The molecule has 2 fully saturated rings. The summed E-state index contributed by atoms with van der Waals surface area (Å²) < 4.78 is 0. The Kier molecular flexibility index (Phi) is 5.83. The zero-order valence-electron chi connectivity index (χ0n) is 17.6. The Hall–Kier alpha value is -2.97. The predicted molar refractivity (Wildman–Crippen MR) is 108 cm³/mol. The summed E-state index contributed by atoms with van der Waals surface area (Å²) in [5.41, 5.74) is -0.264. The van der Waals surface area contributed by atoms with Gasteiger partial charge in [-0.2, -0.15) is 0 Å². The molecule has 2 heterocycles. The monoisotopic (exact) mass is 419 g/mol. The van der Waals surface area contributed by atoms with Crippen molar-refractivity contribution in [1.29, 1.82) is 0 Å². The number of nitrogens with zero attached hydrogens (tertiary/aromatic N) is 3. The first-order chi connectivity index (χ1) is 14.0. The normalized spacial score (nSPS) is 20.4. The first-order valence-electron chi connectivity index (χ1n) is 10.1. The molecule has 0 radical (unpaired) electrons. The fourth-order valence-electron chi connectivity index (χ4n) is 4.03. The quantitative estimate of drug-likeness (QED) is 0.618. The number of aromatic hydroxyl groups is 3. The highest BCUT2D eigenvalue weighted by Crippen LogP contribution is 2.35. The summed E-state index contributed by atoms with van der Waals surface area (Å²) >= 11 is 0. The molecule has 2 saturated heterocycles. The van der Waals surface area contributed by atoms with Gasteiger partial charge >= 0.3 is 0 Å². The first-order valence-corrected chi connectivity index (χ1v) is 10.1. The van der Waals surface area contributed by atoms with Gasteiger partial charge in [-0.3, -0.25) is 14.4 Å². The molecule has 2 aliphatic rings. The lowest BCUT2D eigenvalue weighted by atomic mass is 10.1. The molecular weight excluding hydrogens is 390 g/mol. The van der Waals surface area contributed by atoms with Crippen LogP contribution in [0.3, 0.4) is 0 Å². The van der Waals surface area contributed by atoms with Crippen LogP contribution in [0.15, 0.2) is 12.1 Å². The van der Waals surface area contributed by atoms with Crippen LogP contribution in [0.2, 0.25) is 0 Å². The van der Waals surface area contributed by atoms with Crippen molar-refractivity contribution in [3.63, 3.8) is 0 Å². The van der Waals surface area contributed by atoms with Crippen LogP contribution in [-0.4, -0.2) is 86.0 Å². The van der Waals surface area contributed by atoms with Gasteiger partial charge in [0.2, 0.25) is 11.8 Å². The number of phenols is 3. The van der Waals surface area contributed by atoms with E-state index < -0.39 is 23.2 Å². The van der Waals surface area contributed by atoms with Crippen molar-refractivity contribution in [2.75, 3.05) is 32.7 Å².